The van der Waals surface area contributed by atoms with Crippen LogP contribution in [0.5, 0.6) is 0 Å². The molecule has 5 heteroatoms. The first kappa shape index (κ1) is 10.9. The molecule has 0 aliphatic carbocycles. The maximum Gasteiger partial charge on any atom is 0.238 e. The van der Waals surface area contributed by atoms with Crippen molar-refractivity contribution in [2.24, 2.45) is 0 Å². The smallest absolute Gasteiger partial charge is 0.238 e. The van der Waals surface area contributed by atoms with E-state index in [1.165, 1.54) is 18.2 Å². The SMILES string of the molecule is Cl.[2H]C([2H])([2H])c1cccc(C([2H])([2H])[2H])c1NC(=O)CN(C)CCCCCl. The highest BCUT2D eigenvalue weighted by molar-refractivity contribution is 6.17. The Bertz CT molecular complexity index is 560. The molecule has 3 nitrogen and oxygen atoms in total. The number of unbranched alkanes of at least 4 members (excludes halogenated alkanes) is 1. The second kappa shape index (κ2) is 10.0. The van der Waals surface area contributed by atoms with Crippen molar-refractivity contribution in [1.29, 1.82) is 0 Å². The van der Waals surface area contributed by atoms with Gasteiger partial charge in [-0.3, -0.25) is 9.69 Å². The van der Waals surface area contributed by atoms with Crippen LogP contribution in [-0.2, 0) is 4.79 Å². The first-order chi connectivity index (χ1) is 11.5. The molecule has 0 unspecified atom stereocenters. The van der Waals surface area contributed by atoms with Gasteiger partial charge in [-0.25, -0.2) is 0 Å². The van der Waals surface area contributed by atoms with Gasteiger partial charge < -0.3 is 5.32 Å². The summed E-state index contributed by atoms with van der Waals surface area (Å²) < 4.78 is 45.5. The second-order valence-electron chi connectivity index (χ2n) is 4.41. The van der Waals surface area contributed by atoms with Gasteiger partial charge in [0.2, 0.25) is 5.91 Å². The monoisotopic (exact) mass is 324 g/mol. The zero-order valence-electron chi connectivity index (χ0n) is 17.4. The molecule has 1 aromatic carbocycles. The summed E-state index contributed by atoms with van der Waals surface area (Å²) in [4.78, 5) is 14.0. The normalized spacial score (nSPS) is 15.9. The number of para-hydroxylation sites is 1. The van der Waals surface area contributed by atoms with Gasteiger partial charge in [-0.1, -0.05) is 18.2 Å². The molecule has 1 aromatic rings. The molecule has 0 bridgehead atoms. The fourth-order valence-corrected chi connectivity index (χ4v) is 1.86. The van der Waals surface area contributed by atoms with Gasteiger partial charge >= 0.3 is 0 Å². The lowest BCUT2D eigenvalue weighted by molar-refractivity contribution is -0.117. The Balaban J connectivity index is 0.00000625. The number of benzene rings is 1. The predicted molar refractivity (Wildman–Crippen MR) is 89.2 cm³/mol. The van der Waals surface area contributed by atoms with Crippen LogP contribution < -0.4 is 5.32 Å². The lowest BCUT2D eigenvalue weighted by Crippen LogP contribution is -2.31. The van der Waals surface area contributed by atoms with E-state index < -0.39 is 19.6 Å². The fourth-order valence-electron chi connectivity index (χ4n) is 1.67. The van der Waals surface area contributed by atoms with Crippen molar-refractivity contribution in [2.75, 3.05) is 31.3 Å². The summed E-state index contributed by atoms with van der Waals surface area (Å²) in [6.45, 7) is -4.38. The van der Waals surface area contributed by atoms with Crippen molar-refractivity contribution in [2.45, 2.75) is 26.5 Å². The molecular formula is C15H24Cl2N2O. The molecule has 0 saturated carbocycles. The van der Waals surface area contributed by atoms with Gasteiger partial charge in [0.15, 0.2) is 0 Å². The number of hydrogen-bond donors (Lipinski definition) is 1. The maximum atomic E-state index is 12.3. The zero-order chi connectivity index (χ0) is 19.3. The number of likely N-dealkylation sites (N-methyl/N-ethyl adjacent to an activating group) is 1. The van der Waals surface area contributed by atoms with E-state index in [0.717, 1.165) is 12.8 Å². The van der Waals surface area contributed by atoms with Gasteiger partial charge in [0.25, 0.3) is 0 Å². The Labute approximate surface area is 141 Å². The summed E-state index contributed by atoms with van der Waals surface area (Å²) in [7, 11) is 1.76. The van der Waals surface area contributed by atoms with Crippen LogP contribution in [0.15, 0.2) is 18.2 Å². The van der Waals surface area contributed by atoms with Crippen molar-refractivity contribution in [3.05, 3.63) is 29.3 Å². The van der Waals surface area contributed by atoms with Gasteiger partial charge in [0.05, 0.1) is 6.54 Å². The number of alkyl halides is 1. The van der Waals surface area contributed by atoms with E-state index in [2.05, 4.69) is 5.32 Å². The minimum atomic E-state index is -2.53. The maximum absolute atomic E-state index is 12.3. The zero-order valence-corrected chi connectivity index (χ0v) is 13.0. The Morgan fingerprint density at radius 2 is 2.00 bits per heavy atom. The Kier molecular flexibility index (Phi) is 5.46. The molecule has 0 atom stereocenters. The summed E-state index contributed by atoms with van der Waals surface area (Å²) in [6.07, 6.45) is 1.66. The number of aryl methyl sites for hydroxylation is 2. The van der Waals surface area contributed by atoms with Gasteiger partial charge in [0, 0.05) is 19.8 Å². The molecule has 0 heterocycles. The van der Waals surface area contributed by atoms with Crippen LogP contribution in [0.2, 0.25) is 0 Å². The van der Waals surface area contributed by atoms with E-state index >= 15 is 0 Å². The predicted octanol–water partition coefficient (Wildman–Crippen LogP) is 3.61. The Morgan fingerprint density at radius 1 is 1.35 bits per heavy atom. The molecule has 1 rings (SSSR count). The molecular weight excluding hydrogens is 295 g/mol. The van der Waals surface area contributed by atoms with Crippen molar-refractivity contribution < 1.29 is 13.0 Å². The van der Waals surface area contributed by atoms with Crippen LogP contribution in [0.1, 0.15) is 32.2 Å². The molecule has 20 heavy (non-hydrogen) atoms. The topological polar surface area (TPSA) is 32.3 Å². The molecule has 0 aliphatic heterocycles. The quantitative estimate of drug-likeness (QED) is 0.613. The number of amides is 1. The summed E-state index contributed by atoms with van der Waals surface area (Å²) >= 11 is 5.61. The van der Waals surface area contributed by atoms with Crippen LogP contribution in [0.3, 0.4) is 0 Å². The standard InChI is InChI=1S/C15H23ClN2O.ClH/c1-12-7-6-8-13(2)15(12)17-14(19)11-18(3)10-5-4-9-16;/h6-8H,4-5,9-11H2,1-3H3,(H,17,19);1H/i1D3,2D3;. The van der Waals surface area contributed by atoms with Crippen LogP contribution >= 0.6 is 24.0 Å². The molecule has 0 radical (unpaired) electrons. The van der Waals surface area contributed by atoms with Crippen LogP contribution in [0.25, 0.3) is 0 Å². The van der Waals surface area contributed by atoms with Crippen LogP contribution in [0, 0.1) is 13.7 Å². The van der Waals surface area contributed by atoms with Crippen molar-refractivity contribution in [3.63, 3.8) is 0 Å². The number of anilines is 1. The highest BCUT2D eigenvalue weighted by Gasteiger charge is 2.09. The van der Waals surface area contributed by atoms with E-state index in [4.69, 9.17) is 19.8 Å². The summed E-state index contributed by atoms with van der Waals surface area (Å²) in [5, 5.41) is 2.49. The summed E-state index contributed by atoms with van der Waals surface area (Å²) in [5.74, 6) is 0.0871. The number of carbonyl (C=O) groups excluding carboxylic acids is 1. The fraction of sp³-hybridized carbons (Fsp3) is 0.533. The average Bonchev–Trinajstić information content (AvgIpc) is 2.45. The first-order valence-electron chi connectivity index (χ1n) is 9.15. The van der Waals surface area contributed by atoms with E-state index in [9.17, 15) is 4.79 Å². The first-order valence-corrected chi connectivity index (χ1v) is 6.68. The third kappa shape index (κ3) is 6.60. The highest BCUT2D eigenvalue weighted by atomic mass is 35.5. The van der Waals surface area contributed by atoms with Crippen LogP contribution in [0.4, 0.5) is 5.69 Å². The number of carbonyl (C=O) groups is 1. The van der Waals surface area contributed by atoms with Gasteiger partial charge in [-0.05, 0) is 51.3 Å². The third-order valence-corrected chi connectivity index (χ3v) is 2.93. The molecule has 1 N–H and O–H groups in total. The van der Waals surface area contributed by atoms with Gasteiger partial charge in [-0.2, -0.15) is 0 Å². The van der Waals surface area contributed by atoms with Gasteiger partial charge in [0.1, 0.15) is 0 Å². The Morgan fingerprint density at radius 3 is 2.55 bits per heavy atom. The number of halogens is 2. The van der Waals surface area contributed by atoms with Crippen molar-refractivity contribution in [3.8, 4) is 0 Å². The molecule has 0 aromatic heterocycles. The minimum absolute atomic E-state index is 0. The number of nitrogens with zero attached hydrogens (tertiary/aromatic N) is 1. The number of rotatable bonds is 7. The molecule has 0 spiro atoms. The van der Waals surface area contributed by atoms with E-state index in [-0.39, 0.29) is 35.8 Å². The molecule has 1 amide bonds. The van der Waals surface area contributed by atoms with E-state index in [1.54, 1.807) is 11.9 Å². The van der Waals surface area contributed by atoms with Crippen LogP contribution in [-0.4, -0.2) is 36.8 Å². The lowest BCUT2D eigenvalue weighted by atomic mass is 10.1. The molecule has 0 saturated heterocycles. The molecule has 0 fully saturated rings. The van der Waals surface area contributed by atoms with E-state index in [1.807, 2.05) is 0 Å². The van der Waals surface area contributed by atoms with Crippen molar-refractivity contribution >= 4 is 35.6 Å². The molecule has 114 valence electrons. The van der Waals surface area contributed by atoms with E-state index in [0.29, 0.717) is 12.4 Å². The average molecular weight is 325 g/mol. The minimum Gasteiger partial charge on any atom is -0.324 e. The third-order valence-electron chi connectivity index (χ3n) is 2.67. The molecule has 0 aliphatic rings. The number of nitrogens with one attached hydrogen (secondary N) is 1. The van der Waals surface area contributed by atoms with Crippen molar-refractivity contribution in [1.82, 2.24) is 4.90 Å². The summed E-state index contributed by atoms with van der Waals surface area (Å²) in [6, 6.07) is 3.99. The summed E-state index contributed by atoms with van der Waals surface area (Å²) in [5.41, 5.74) is -0.514. The highest BCUT2D eigenvalue weighted by Crippen LogP contribution is 2.19. The Hall–Kier alpha value is -0.770. The lowest BCUT2D eigenvalue weighted by Gasteiger charge is -2.17. The largest absolute Gasteiger partial charge is 0.324 e. The second-order valence-corrected chi connectivity index (χ2v) is 4.79. The number of hydrogen-bond acceptors (Lipinski definition) is 2. The van der Waals surface area contributed by atoms with Gasteiger partial charge in [-0.15, -0.1) is 24.0 Å².